The topological polar surface area (TPSA) is 84.2 Å². The zero-order chi connectivity index (χ0) is 23.0. The van der Waals surface area contributed by atoms with Crippen molar-refractivity contribution in [2.45, 2.75) is 45.7 Å². The molecule has 1 unspecified atom stereocenters. The van der Waals surface area contributed by atoms with Crippen LogP contribution >= 0.6 is 24.0 Å². The first kappa shape index (κ1) is 27.4. The van der Waals surface area contributed by atoms with Crippen molar-refractivity contribution in [3.8, 4) is 5.75 Å². The highest BCUT2D eigenvalue weighted by atomic mass is 127. The summed E-state index contributed by atoms with van der Waals surface area (Å²) in [6, 6.07) is 8.48. The molecule has 3 rings (SSSR count). The Hall–Kier alpha value is -1.85. The van der Waals surface area contributed by atoms with E-state index in [4.69, 9.17) is 18.9 Å². The molecule has 2 N–H and O–H groups in total. The largest absolute Gasteiger partial charge is 0.497 e. The Labute approximate surface area is 214 Å². The molecule has 1 fully saturated rings. The number of nitrogens with one attached hydrogen (secondary N) is 2. The quantitative estimate of drug-likeness (QED) is 0.284. The van der Waals surface area contributed by atoms with Gasteiger partial charge in [0, 0.05) is 31.6 Å². The van der Waals surface area contributed by atoms with Gasteiger partial charge in [-0.2, -0.15) is 0 Å². The molecule has 1 atom stereocenters. The highest BCUT2D eigenvalue weighted by Gasteiger charge is 2.23. The first-order valence-corrected chi connectivity index (χ1v) is 11.3. The van der Waals surface area contributed by atoms with Crippen LogP contribution < -0.4 is 15.4 Å². The summed E-state index contributed by atoms with van der Waals surface area (Å²) in [6.45, 7) is 13.6. The monoisotopic (exact) mass is 571 g/mol. The molecule has 33 heavy (non-hydrogen) atoms. The van der Waals surface area contributed by atoms with Crippen molar-refractivity contribution in [2.75, 3.05) is 46.5 Å². The van der Waals surface area contributed by atoms with Crippen LogP contribution in [0, 0.1) is 0 Å². The van der Waals surface area contributed by atoms with Gasteiger partial charge in [-0.25, -0.2) is 9.98 Å². The number of halogens is 1. The van der Waals surface area contributed by atoms with Gasteiger partial charge < -0.3 is 24.5 Å². The van der Waals surface area contributed by atoms with Gasteiger partial charge in [-0.3, -0.25) is 4.90 Å². The molecule has 1 aliphatic rings. The van der Waals surface area contributed by atoms with Gasteiger partial charge in [-0.1, -0.05) is 32.9 Å². The van der Waals surface area contributed by atoms with Crippen molar-refractivity contribution in [1.29, 1.82) is 0 Å². The van der Waals surface area contributed by atoms with Crippen molar-refractivity contribution < 1.29 is 13.9 Å². The maximum atomic E-state index is 5.88. The Kier molecular flexibility index (Phi) is 10.9. The van der Waals surface area contributed by atoms with Crippen molar-refractivity contribution in [1.82, 2.24) is 20.5 Å². The Morgan fingerprint density at radius 2 is 1.88 bits per heavy atom. The maximum absolute atomic E-state index is 5.88. The van der Waals surface area contributed by atoms with Crippen LogP contribution in [0.2, 0.25) is 0 Å². The summed E-state index contributed by atoms with van der Waals surface area (Å²) in [6.07, 6.45) is 1.79. The van der Waals surface area contributed by atoms with Gasteiger partial charge in [0.15, 0.2) is 5.96 Å². The summed E-state index contributed by atoms with van der Waals surface area (Å²) >= 11 is 0. The minimum absolute atomic E-state index is 0. The van der Waals surface area contributed by atoms with Crippen molar-refractivity contribution in [3.05, 3.63) is 47.7 Å². The van der Waals surface area contributed by atoms with Gasteiger partial charge in [0.1, 0.15) is 18.1 Å². The number of hydrogen-bond acceptors (Lipinski definition) is 6. The Morgan fingerprint density at radius 3 is 2.45 bits per heavy atom. The molecular formula is C24H38IN5O3. The summed E-state index contributed by atoms with van der Waals surface area (Å²) < 4.78 is 16.8. The fourth-order valence-electron chi connectivity index (χ4n) is 3.58. The molecule has 0 aliphatic carbocycles. The SMILES string of the molecule is CCNC(=NCc1ncc(C(C)(C)C)o1)NCC(c1ccc(OC)cc1)N1CCOCC1.I. The van der Waals surface area contributed by atoms with Crippen molar-refractivity contribution in [3.63, 3.8) is 0 Å². The normalized spacial score (nSPS) is 16.1. The van der Waals surface area contributed by atoms with E-state index in [0.29, 0.717) is 12.4 Å². The Balaban J connectivity index is 0.00000385. The van der Waals surface area contributed by atoms with Crippen molar-refractivity contribution in [2.24, 2.45) is 4.99 Å². The molecular weight excluding hydrogens is 533 g/mol. The number of oxazole rings is 1. The molecule has 0 bridgehead atoms. The highest BCUT2D eigenvalue weighted by molar-refractivity contribution is 14.0. The van der Waals surface area contributed by atoms with E-state index in [2.05, 4.69) is 60.3 Å². The fraction of sp³-hybridized carbons (Fsp3) is 0.583. The summed E-state index contributed by atoms with van der Waals surface area (Å²) in [4.78, 5) is 11.5. The van der Waals surface area contributed by atoms with E-state index in [1.807, 2.05) is 12.1 Å². The lowest BCUT2D eigenvalue weighted by Gasteiger charge is -2.35. The van der Waals surface area contributed by atoms with Crippen LogP contribution in [0.4, 0.5) is 0 Å². The number of methoxy groups -OCH3 is 1. The van der Waals surface area contributed by atoms with Crippen LogP contribution in [0.5, 0.6) is 5.75 Å². The average Bonchev–Trinajstić information content (AvgIpc) is 3.28. The van der Waals surface area contributed by atoms with Gasteiger partial charge in [-0.15, -0.1) is 24.0 Å². The highest BCUT2D eigenvalue weighted by Crippen LogP contribution is 2.24. The van der Waals surface area contributed by atoms with Crippen LogP contribution in [0.25, 0.3) is 0 Å². The molecule has 0 radical (unpaired) electrons. The molecule has 0 amide bonds. The van der Waals surface area contributed by atoms with Crippen LogP contribution in [0.3, 0.4) is 0 Å². The molecule has 1 aromatic heterocycles. The third-order valence-electron chi connectivity index (χ3n) is 5.46. The van der Waals surface area contributed by atoms with E-state index >= 15 is 0 Å². The predicted octanol–water partition coefficient (Wildman–Crippen LogP) is 3.73. The molecule has 8 nitrogen and oxygen atoms in total. The van der Waals surface area contributed by atoms with Gasteiger partial charge in [0.2, 0.25) is 5.89 Å². The number of morpholine rings is 1. The summed E-state index contributed by atoms with van der Waals surface area (Å²) in [7, 11) is 1.69. The molecule has 0 saturated carbocycles. The standard InChI is InChI=1S/C24H37N5O3.HI/c1-6-25-23(28-17-22-26-16-21(32-22)24(2,3)4)27-15-20(29-11-13-31-14-12-29)18-7-9-19(30-5)10-8-18;/h7-10,16,20H,6,11-15,17H2,1-5H3,(H2,25,27,28);1H. The molecule has 1 saturated heterocycles. The number of hydrogen-bond donors (Lipinski definition) is 2. The van der Waals surface area contributed by atoms with Gasteiger partial charge in [0.25, 0.3) is 0 Å². The zero-order valence-corrected chi connectivity index (χ0v) is 22.7. The summed E-state index contributed by atoms with van der Waals surface area (Å²) in [5, 5.41) is 6.83. The molecule has 1 aliphatic heterocycles. The summed E-state index contributed by atoms with van der Waals surface area (Å²) in [5.74, 6) is 3.09. The minimum Gasteiger partial charge on any atom is -0.497 e. The van der Waals surface area contributed by atoms with E-state index in [-0.39, 0.29) is 35.4 Å². The van der Waals surface area contributed by atoms with Crippen LogP contribution in [-0.2, 0) is 16.7 Å². The molecule has 9 heteroatoms. The minimum atomic E-state index is -0.0680. The molecule has 0 spiro atoms. The first-order valence-electron chi connectivity index (χ1n) is 11.3. The maximum Gasteiger partial charge on any atom is 0.216 e. The number of ether oxygens (including phenoxy) is 2. The molecule has 1 aromatic carbocycles. The Bertz CT molecular complexity index is 858. The third-order valence-corrected chi connectivity index (χ3v) is 5.46. The number of aromatic nitrogens is 1. The van der Waals surface area contributed by atoms with E-state index < -0.39 is 0 Å². The van der Waals surface area contributed by atoms with E-state index in [1.54, 1.807) is 13.3 Å². The zero-order valence-electron chi connectivity index (χ0n) is 20.4. The van der Waals surface area contributed by atoms with E-state index in [0.717, 1.165) is 56.9 Å². The third kappa shape index (κ3) is 8.15. The molecule has 184 valence electrons. The lowest BCUT2D eigenvalue weighted by atomic mass is 9.94. The fourth-order valence-corrected chi connectivity index (χ4v) is 3.58. The average molecular weight is 572 g/mol. The number of aliphatic imine (C=N–C) groups is 1. The van der Waals surface area contributed by atoms with Gasteiger partial charge in [0.05, 0.1) is 32.6 Å². The predicted molar refractivity (Wildman–Crippen MR) is 142 cm³/mol. The lowest BCUT2D eigenvalue weighted by Crippen LogP contribution is -2.46. The van der Waals surface area contributed by atoms with Crippen LogP contribution in [0.1, 0.15) is 51.0 Å². The number of guanidine groups is 1. The summed E-state index contributed by atoms with van der Waals surface area (Å²) in [5.41, 5.74) is 1.17. The van der Waals surface area contributed by atoms with Crippen LogP contribution in [0.15, 0.2) is 39.9 Å². The second kappa shape index (κ2) is 13.1. The van der Waals surface area contributed by atoms with Crippen molar-refractivity contribution >= 4 is 29.9 Å². The Morgan fingerprint density at radius 1 is 1.18 bits per heavy atom. The smallest absolute Gasteiger partial charge is 0.216 e. The molecule has 2 aromatic rings. The number of nitrogens with zero attached hydrogens (tertiary/aromatic N) is 3. The second-order valence-electron chi connectivity index (χ2n) is 8.88. The van der Waals surface area contributed by atoms with Gasteiger partial charge in [-0.05, 0) is 24.6 Å². The first-order chi connectivity index (χ1) is 15.4. The molecule has 2 heterocycles. The van der Waals surface area contributed by atoms with Crippen LogP contribution in [-0.4, -0.2) is 62.3 Å². The second-order valence-corrected chi connectivity index (χ2v) is 8.88. The lowest BCUT2D eigenvalue weighted by molar-refractivity contribution is 0.0170. The number of rotatable bonds is 8. The number of benzene rings is 1. The van der Waals surface area contributed by atoms with E-state index in [9.17, 15) is 0 Å². The van der Waals surface area contributed by atoms with E-state index in [1.165, 1.54) is 5.56 Å². The van der Waals surface area contributed by atoms with Gasteiger partial charge >= 0.3 is 0 Å².